The predicted octanol–water partition coefficient (Wildman–Crippen LogP) is 20.5. The Morgan fingerprint density at radius 1 is 0.271 bits per heavy atom. The van der Waals surface area contributed by atoms with Gasteiger partial charge in [-0.25, -0.2) is 0 Å². The van der Waals surface area contributed by atoms with Gasteiger partial charge in [0.05, 0.1) is 0 Å². The van der Waals surface area contributed by atoms with Crippen LogP contribution in [-0.2, 0) is 32.5 Å². The lowest BCUT2D eigenvalue weighted by atomic mass is 9.73. The molecular formula is C66H93O3P. The third-order valence-corrected chi connectivity index (χ3v) is 20.3. The molecule has 0 fully saturated rings. The molecule has 0 N–H and O–H groups in total. The molecule has 70 heavy (non-hydrogen) atoms. The largest absolute Gasteiger partial charge is 0.530 e. The van der Waals surface area contributed by atoms with Crippen molar-refractivity contribution in [3.8, 4) is 17.2 Å². The van der Waals surface area contributed by atoms with Crippen LogP contribution >= 0.6 is 8.60 Å². The number of fused-ring (bicyclic) bond motifs is 3. The lowest BCUT2D eigenvalue weighted by Crippen LogP contribution is -2.27. The Hall–Kier alpha value is -4.07. The molecule has 0 atom stereocenters. The van der Waals surface area contributed by atoms with Crippen LogP contribution in [0.2, 0.25) is 0 Å². The first kappa shape index (κ1) is 55.2. The molecule has 0 radical (unpaired) electrons. The summed E-state index contributed by atoms with van der Waals surface area (Å²) in [5.41, 5.74) is 6.84. The van der Waals surface area contributed by atoms with Crippen molar-refractivity contribution >= 4 is 40.9 Å². The van der Waals surface area contributed by atoms with Crippen LogP contribution in [0.25, 0.3) is 32.3 Å². The highest BCUT2D eigenvalue weighted by Gasteiger charge is 2.37. The van der Waals surface area contributed by atoms with Crippen molar-refractivity contribution in [2.24, 2.45) is 35.5 Å². The van der Waals surface area contributed by atoms with Crippen LogP contribution < -0.4 is 13.6 Å². The fourth-order valence-electron chi connectivity index (χ4n) is 9.00. The van der Waals surface area contributed by atoms with Gasteiger partial charge in [0.1, 0.15) is 17.2 Å². The average molecular weight is 965 g/mol. The van der Waals surface area contributed by atoms with E-state index in [0.717, 1.165) is 50.1 Å². The summed E-state index contributed by atoms with van der Waals surface area (Å²) in [6.45, 7) is 56.0. The highest BCUT2D eigenvalue weighted by molar-refractivity contribution is 7.43. The second-order valence-electron chi connectivity index (χ2n) is 26.5. The fourth-order valence-corrected chi connectivity index (χ4v) is 10.0. The van der Waals surface area contributed by atoms with Gasteiger partial charge in [0.2, 0.25) is 0 Å². The molecule has 0 amide bonds. The van der Waals surface area contributed by atoms with Gasteiger partial charge < -0.3 is 13.6 Å². The van der Waals surface area contributed by atoms with E-state index < -0.39 is 8.60 Å². The first-order chi connectivity index (χ1) is 32.1. The minimum Gasteiger partial charge on any atom is -0.408 e. The number of rotatable bonds is 18. The van der Waals surface area contributed by atoms with Crippen molar-refractivity contribution in [3.05, 3.63) is 124 Å². The van der Waals surface area contributed by atoms with Gasteiger partial charge in [-0.2, -0.15) is 0 Å². The molecule has 3 nitrogen and oxygen atoms in total. The summed E-state index contributed by atoms with van der Waals surface area (Å²) in [5, 5.41) is 7.07. The Labute approximate surface area is 428 Å². The van der Waals surface area contributed by atoms with E-state index in [9.17, 15) is 0 Å². The van der Waals surface area contributed by atoms with Crippen molar-refractivity contribution < 1.29 is 13.6 Å². The average Bonchev–Trinajstić information content (AvgIpc) is 3.27. The van der Waals surface area contributed by atoms with Gasteiger partial charge in [-0.15, -0.1) is 0 Å². The van der Waals surface area contributed by atoms with Crippen molar-refractivity contribution in [1.29, 1.82) is 0 Å². The van der Waals surface area contributed by atoms with E-state index in [1.54, 1.807) is 0 Å². The molecule has 6 aromatic carbocycles. The van der Waals surface area contributed by atoms with Crippen LogP contribution in [0, 0.1) is 35.5 Å². The molecule has 380 valence electrons. The lowest BCUT2D eigenvalue weighted by Gasteiger charge is -2.35. The Morgan fingerprint density at radius 3 is 0.686 bits per heavy atom. The molecule has 0 aliphatic heterocycles. The van der Waals surface area contributed by atoms with Gasteiger partial charge in [0, 0.05) is 16.7 Å². The zero-order chi connectivity index (χ0) is 52.4. The smallest absolute Gasteiger partial charge is 0.408 e. The maximum absolute atomic E-state index is 7.51. The molecule has 0 spiro atoms. The standard InChI is InChI=1S/C66H93O3P/c1-40(2)61(13,14)52-28-25-46-37-58(55(34-49(46)31-52)64(19,20)43(7)8)67-70(68-59-38-47-26-29-53(62(15,16)41(3)4)32-50(47)35-56(59)65(21,22)44(9)10)69-60-39-48-27-30-54(63(17,18)42(5)6)33-51(48)36-57(60)66(23,24)45(11)12/h25-45H,1-24H3. The van der Waals surface area contributed by atoms with E-state index >= 15 is 0 Å². The van der Waals surface area contributed by atoms with E-state index in [0.29, 0.717) is 35.5 Å². The van der Waals surface area contributed by atoms with E-state index in [4.69, 9.17) is 13.6 Å². The second kappa shape index (κ2) is 19.7. The zero-order valence-electron chi connectivity index (χ0n) is 48.3. The van der Waals surface area contributed by atoms with Gasteiger partial charge in [0.15, 0.2) is 0 Å². The normalized spacial score (nSPS) is 13.8. The van der Waals surface area contributed by atoms with Crippen molar-refractivity contribution in [3.63, 3.8) is 0 Å². The second-order valence-corrected chi connectivity index (χ2v) is 27.5. The minimum atomic E-state index is -2.10. The van der Waals surface area contributed by atoms with Gasteiger partial charge in [-0.1, -0.05) is 221 Å². The topological polar surface area (TPSA) is 27.7 Å². The van der Waals surface area contributed by atoms with E-state index in [1.807, 2.05) is 0 Å². The molecule has 6 rings (SSSR count). The van der Waals surface area contributed by atoms with Gasteiger partial charge >= 0.3 is 8.60 Å². The number of hydrogen-bond donors (Lipinski definition) is 0. The first-order valence-electron chi connectivity index (χ1n) is 26.7. The van der Waals surface area contributed by atoms with Crippen LogP contribution in [0.5, 0.6) is 17.2 Å². The Kier molecular flexibility index (Phi) is 15.6. The Bertz CT molecular complexity index is 2520. The first-order valence-corrected chi connectivity index (χ1v) is 27.8. The molecule has 6 aromatic rings. The van der Waals surface area contributed by atoms with Crippen LogP contribution in [0.3, 0.4) is 0 Å². The summed E-state index contributed by atoms with van der Waals surface area (Å²) in [4.78, 5) is 0. The monoisotopic (exact) mass is 965 g/mol. The van der Waals surface area contributed by atoms with Gasteiger partial charge in [-0.05, 0) is 153 Å². The third kappa shape index (κ3) is 10.5. The van der Waals surface area contributed by atoms with Crippen molar-refractivity contribution in [1.82, 2.24) is 0 Å². The van der Waals surface area contributed by atoms with E-state index in [-0.39, 0.29) is 32.5 Å². The molecule has 0 aliphatic rings. The summed E-state index contributed by atoms with van der Waals surface area (Å²) < 4.78 is 22.5. The summed E-state index contributed by atoms with van der Waals surface area (Å²) in [5.74, 6) is 4.82. The maximum Gasteiger partial charge on any atom is 0.530 e. The molecule has 0 heterocycles. The van der Waals surface area contributed by atoms with Crippen molar-refractivity contribution in [2.45, 2.75) is 199 Å². The molecule has 0 saturated carbocycles. The SMILES string of the molecule is CC(C)C(C)(C)c1ccc2cc(OP(Oc3cc4ccc(C(C)(C)C(C)C)cc4cc3C(C)(C)C(C)C)Oc3cc4ccc(C(C)(C)C(C)C)cc4cc3C(C)(C)C(C)C)c(C(C)(C)C(C)C)cc2c1. The van der Waals surface area contributed by atoms with Crippen LogP contribution in [0.4, 0.5) is 0 Å². The highest BCUT2D eigenvalue weighted by Crippen LogP contribution is 2.53. The van der Waals surface area contributed by atoms with Gasteiger partial charge in [-0.3, -0.25) is 0 Å². The summed E-state index contributed by atoms with van der Waals surface area (Å²) in [7, 11) is -2.10. The van der Waals surface area contributed by atoms with E-state index in [2.05, 4.69) is 257 Å². The summed E-state index contributed by atoms with van der Waals surface area (Å²) in [6.07, 6.45) is 0. The van der Waals surface area contributed by atoms with Crippen LogP contribution in [0.15, 0.2) is 91.0 Å². The minimum absolute atomic E-state index is 0.0220. The van der Waals surface area contributed by atoms with Crippen LogP contribution in [0.1, 0.15) is 200 Å². The van der Waals surface area contributed by atoms with E-state index in [1.165, 1.54) is 32.8 Å². The predicted molar refractivity (Wildman–Crippen MR) is 308 cm³/mol. The molecule has 0 aromatic heterocycles. The molecule has 4 heteroatoms. The van der Waals surface area contributed by atoms with Crippen molar-refractivity contribution in [2.75, 3.05) is 0 Å². The molecule has 0 unspecified atom stereocenters. The fraction of sp³-hybridized carbons (Fsp3) is 0.545. The quantitative estimate of drug-likeness (QED) is 0.0804. The van der Waals surface area contributed by atoms with Gasteiger partial charge in [0.25, 0.3) is 0 Å². The van der Waals surface area contributed by atoms with Crippen LogP contribution in [-0.4, -0.2) is 0 Å². The summed E-state index contributed by atoms with van der Waals surface area (Å²) in [6, 6.07) is 34.9. The maximum atomic E-state index is 7.51. The Morgan fingerprint density at radius 2 is 0.486 bits per heavy atom. The molecule has 0 aliphatic carbocycles. The number of hydrogen-bond acceptors (Lipinski definition) is 3. The zero-order valence-corrected chi connectivity index (χ0v) is 49.2. The lowest BCUT2D eigenvalue weighted by molar-refractivity contribution is 0.331. The molecule has 0 saturated heterocycles. The molecular weight excluding hydrogens is 872 g/mol. The Balaban J connectivity index is 1.64. The highest BCUT2D eigenvalue weighted by atomic mass is 31.2. The summed E-state index contributed by atoms with van der Waals surface area (Å²) >= 11 is 0. The third-order valence-electron chi connectivity index (χ3n) is 19.3. The molecule has 0 bridgehead atoms. The number of benzene rings is 6.